The number of nitrogens with zero attached hydrogens (tertiary/aromatic N) is 3. The highest BCUT2D eigenvalue weighted by Gasteiger charge is 2.16. The van der Waals surface area contributed by atoms with Crippen molar-refractivity contribution < 1.29 is 22.7 Å². The Morgan fingerprint density at radius 3 is 2.59 bits per heavy atom. The number of hydrogen-bond acceptors (Lipinski definition) is 7. The van der Waals surface area contributed by atoms with Crippen molar-refractivity contribution in [2.45, 2.75) is 13.5 Å². The van der Waals surface area contributed by atoms with Gasteiger partial charge in [-0.05, 0) is 37.3 Å². The van der Waals surface area contributed by atoms with Crippen LogP contribution in [0.15, 0.2) is 53.1 Å². The number of carbonyl (C=O) groups is 1. The first kappa shape index (κ1) is 18.9. The zero-order valence-corrected chi connectivity index (χ0v) is 15.9. The van der Waals surface area contributed by atoms with Crippen LogP contribution in [-0.2, 0) is 11.3 Å². The maximum atomic E-state index is 13.4. The molecule has 0 aliphatic carbocycles. The maximum Gasteiger partial charge on any atom is 0.350 e. The average Bonchev–Trinajstić information content (AvgIpc) is 3.39. The fourth-order valence-corrected chi connectivity index (χ4v) is 3.26. The van der Waals surface area contributed by atoms with Crippen molar-refractivity contribution in [2.24, 2.45) is 0 Å². The molecule has 2 heterocycles. The number of hydrogen-bond donors (Lipinski definition) is 0. The van der Waals surface area contributed by atoms with Gasteiger partial charge in [-0.25, -0.2) is 18.6 Å². The Hall–Kier alpha value is -3.46. The van der Waals surface area contributed by atoms with E-state index in [4.69, 9.17) is 9.15 Å². The largest absolute Gasteiger partial charge is 0.451 e. The molecule has 4 aromatic rings. The fraction of sp³-hybridized carbons (Fsp3) is 0.100. The van der Waals surface area contributed by atoms with Crippen LogP contribution >= 0.6 is 11.3 Å². The Morgan fingerprint density at radius 1 is 1.07 bits per heavy atom. The van der Waals surface area contributed by atoms with Crippen LogP contribution in [0.25, 0.3) is 22.0 Å². The summed E-state index contributed by atoms with van der Waals surface area (Å²) in [6, 6.07) is 11.0. The van der Waals surface area contributed by atoms with Gasteiger partial charge >= 0.3 is 5.97 Å². The summed E-state index contributed by atoms with van der Waals surface area (Å²) < 4.78 is 37.1. The van der Waals surface area contributed by atoms with Crippen molar-refractivity contribution in [1.29, 1.82) is 0 Å². The van der Waals surface area contributed by atoms with Crippen LogP contribution in [-0.4, -0.2) is 21.2 Å². The van der Waals surface area contributed by atoms with Gasteiger partial charge in [0, 0.05) is 11.1 Å². The number of benzene rings is 2. The van der Waals surface area contributed by atoms with Gasteiger partial charge in [-0.3, -0.25) is 0 Å². The quantitative estimate of drug-likeness (QED) is 0.437. The minimum absolute atomic E-state index is 0.152. The van der Waals surface area contributed by atoms with Crippen LogP contribution in [0, 0.1) is 18.6 Å². The molecule has 0 amide bonds. The van der Waals surface area contributed by atoms with E-state index >= 15 is 0 Å². The third-order valence-electron chi connectivity index (χ3n) is 3.97. The highest BCUT2D eigenvalue weighted by Crippen LogP contribution is 2.27. The summed E-state index contributed by atoms with van der Waals surface area (Å²) >= 11 is 1.01. The highest BCUT2D eigenvalue weighted by molar-refractivity contribution is 7.16. The molecule has 0 bridgehead atoms. The Balaban J connectivity index is 1.41. The topological polar surface area (TPSA) is 78.1 Å². The molecular formula is C20H13F2N3O3S. The van der Waals surface area contributed by atoms with Crippen molar-refractivity contribution in [2.75, 3.05) is 0 Å². The zero-order valence-electron chi connectivity index (χ0n) is 15.1. The molecule has 4 rings (SSSR count). The lowest BCUT2D eigenvalue weighted by atomic mass is 10.1. The Kier molecular flexibility index (Phi) is 5.13. The summed E-state index contributed by atoms with van der Waals surface area (Å²) in [6.07, 6.45) is 1.31. The van der Waals surface area contributed by atoms with Crippen molar-refractivity contribution in [3.8, 4) is 22.0 Å². The van der Waals surface area contributed by atoms with E-state index in [-0.39, 0.29) is 17.4 Å². The summed E-state index contributed by atoms with van der Waals surface area (Å²) in [6.45, 7) is 1.77. The average molecular weight is 413 g/mol. The predicted octanol–water partition coefficient (Wildman–Crippen LogP) is 4.80. The van der Waals surface area contributed by atoms with Crippen LogP contribution in [0.3, 0.4) is 0 Å². The van der Waals surface area contributed by atoms with E-state index in [1.807, 2.05) is 31.2 Å². The number of carbonyl (C=O) groups excluding carboxylic acids is 1. The van der Waals surface area contributed by atoms with Crippen LogP contribution in [0.1, 0.15) is 21.1 Å². The first-order chi connectivity index (χ1) is 14.0. The van der Waals surface area contributed by atoms with Crippen LogP contribution in [0.2, 0.25) is 0 Å². The molecule has 146 valence electrons. The monoisotopic (exact) mass is 413 g/mol. The summed E-state index contributed by atoms with van der Waals surface area (Å²) in [5, 5.41) is 8.18. The van der Waals surface area contributed by atoms with Crippen LogP contribution in [0.4, 0.5) is 8.78 Å². The van der Waals surface area contributed by atoms with Gasteiger partial charge < -0.3 is 9.15 Å². The van der Waals surface area contributed by atoms with E-state index < -0.39 is 17.6 Å². The molecule has 2 aromatic carbocycles. The molecule has 0 unspecified atom stereocenters. The minimum atomic E-state index is -0.984. The molecule has 0 spiro atoms. The molecule has 0 radical (unpaired) electrons. The third kappa shape index (κ3) is 4.19. The fourth-order valence-electron chi connectivity index (χ4n) is 2.45. The smallest absolute Gasteiger partial charge is 0.350 e. The number of thiazole rings is 1. The Morgan fingerprint density at radius 2 is 1.83 bits per heavy atom. The van der Waals surface area contributed by atoms with E-state index in [0.29, 0.717) is 16.5 Å². The molecule has 0 N–H and O–H groups in total. The minimum Gasteiger partial charge on any atom is -0.451 e. The van der Waals surface area contributed by atoms with E-state index in [2.05, 4.69) is 15.2 Å². The molecule has 29 heavy (non-hydrogen) atoms. The van der Waals surface area contributed by atoms with Crippen LogP contribution in [0.5, 0.6) is 0 Å². The van der Waals surface area contributed by atoms with E-state index in [0.717, 1.165) is 34.6 Å². The van der Waals surface area contributed by atoms with E-state index in [1.54, 1.807) is 0 Å². The molecule has 2 aromatic heterocycles. The summed E-state index contributed by atoms with van der Waals surface area (Å²) in [4.78, 5) is 16.5. The Labute approximate surface area is 167 Å². The molecule has 9 heteroatoms. The van der Waals surface area contributed by atoms with Gasteiger partial charge in [-0.2, -0.15) is 0 Å². The first-order valence-electron chi connectivity index (χ1n) is 8.47. The second-order valence-electron chi connectivity index (χ2n) is 6.10. The first-order valence-corrected chi connectivity index (χ1v) is 9.29. The number of rotatable bonds is 5. The van der Waals surface area contributed by atoms with Gasteiger partial charge in [-0.1, -0.05) is 17.7 Å². The molecule has 0 atom stereocenters. The van der Waals surface area contributed by atoms with Gasteiger partial charge in [-0.15, -0.1) is 21.5 Å². The number of halogens is 2. The summed E-state index contributed by atoms with van der Waals surface area (Å²) in [5.74, 6) is -2.09. The van der Waals surface area contributed by atoms with E-state index in [1.165, 1.54) is 12.3 Å². The molecule has 0 aliphatic heterocycles. The predicted molar refractivity (Wildman–Crippen MR) is 101 cm³/mol. The maximum absolute atomic E-state index is 13.4. The third-order valence-corrected chi connectivity index (χ3v) is 4.99. The lowest BCUT2D eigenvalue weighted by Gasteiger charge is -1.99. The molecule has 0 saturated heterocycles. The van der Waals surface area contributed by atoms with Gasteiger partial charge in [0.05, 0.1) is 6.20 Å². The lowest BCUT2D eigenvalue weighted by molar-refractivity contribution is 0.0444. The van der Waals surface area contributed by atoms with Crippen LogP contribution < -0.4 is 0 Å². The Bertz CT molecular complexity index is 1170. The molecule has 6 nitrogen and oxygen atoms in total. The second kappa shape index (κ2) is 7.88. The summed E-state index contributed by atoms with van der Waals surface area (Å²) in [7, 11) is 0. The standard InChI is InChI=1S/C20H13F2N3O3S/c1-11-2-4-12(5-3-11)18-25-24-17(28-18)10-27-20(26)16-9-23-19(29-16)13-6-7-14(21)15(22)8-13/h2-9H,10H2,1H3. The number of aryl methyl sites for hydroxylation is 1. The number of ether oxygens (including phenoxy) is 1. The lowest BCUT2D eigenvalue weighted by Crippen LogP contribution is -2.03. The van der Waals surface area contributed by atoms with Gasteiger partial charge in [0.15, 0.2) is 18.2 Å². The van der Waals surface area contributed by atoms with E-state index in [9.17, 15) is 13.6 Å². The second-order valence-corrected chi connectivity index (χ2v) is 7.13. The highest BCUT2D eigenvalue weighted by atomic mass is 32.1. The normalized spacial score (nSPS) is 10.9. The number of esters is 1. The zero-order chi connectivity index (χ0) is 20.4. The molecule has 0 saturated carbocycles. The SMILES string of the molecule is Cc1ccc(-c2nnc(COC(=O)c3cnc(-c4ccc(F)c(F)c4)s3)o2)cc1. The molecular weight excluding hydrogens is 400 g/mol. The van der Waals surface area contributed by atoms with Gasteiger partial charge in [0.1, 0.15) is 9.88 Å². The van der Waals surface area contributed by atoms with Gasteiger partial charge in [0.2, 0.25) is 5.89 Å². The van der Waals surface area contributed by atoms with Crippen molar-refractivity contribution in [3.63, 3.8) is 0 Å². The van der Waals surface area contributed by atoms with Gasteiger partial charge in [0.25, 0.3) is 5.89 Å². The van der Waals surface area contributed by atoms with Crippen molar-refractivity contribution in [3.05, 3.63) is 76.6 Å². The summed E-state index contributed by atoms with van der Waals surface area (Å²) in [5.41, 5.74) is 2.24. The number of aromatic nitrogens is 3. The molecule has 0 aliphatic rings. The van der Waals surface area contributed by atoms with Crippen molar-refractivity contribution >= 4 is 17.3 Å². The molecule has 0 fully saturated rings. The van der Waals surface area contributed by atoms with Crippen molar-refractivity contribution in [1.82, 2.24) is 15.2 Å².